The molecule has 3 heterocycles. The van der Waals surface area contributed by atoms with Crippen LogP contribution in [0.1, 0.15) is 35.3 Å². The molecule has 20 heteroatoms. The van der Waals surface area contributed by atoms with E-state index in [0.29, 0.717) is 82.5 Å². The molecule has 6 aromatic rings. The second-order valence-corrected chi connectivity index (χ2v) is 22.6. The number of alkyl halides is 3. The summed E-state index contributed by atoms with van der Waals surface area (Å²) in [6.07, 6.45) is 1.23. The SMILES string of the molecule is CNC(=O)c1c(-c2cccc(N3CCN(c4ccc(NS(=O)(=O)c5ccc(N[C@H](CCN6CCC(O)CC6)CSc6ccccc6)c(S(=O)(=O)C(F)(F)F)c5)cc4)CC3)c2)c(-c2ccc(F)cc2)n(C)c1C. The van der Waals surface area contributed by atoms with Gasteiger partial charge >= 0.3 is 5.51 Å². The lowest BCUT2D eigenvalue weighted by Crippen LogP contribution is -2.46. The molecule has 1 atom stereocenters. The predicted octanol–water partition coefficient (Wildman–Crippen LogP) is 9.01. The van der Waals surface area contributed by atoms with Crippen LogP contribution in [0.5, 0.6) is 0 Å². The first-order valence-corrected chi connectivity index (χ1v) is 27.5. The minimum absolute atomic E-state index is 0.118. The van der Waals surface area contributed by atoms with Crippen molar-refractivity contribution < 1.29 is 44.3 Å². The molecule has 2 aliphatic heterocycles. The number of thioether (sulfide) groups is 1. The highest BCUT2D eigenvalue weighted by Crippen LogP contribution is 2.41. The van der Waals surface area contributed by atoms with E-state index in [1.165, 1.54) is 36.0 Å². The first-order chi connectivity index (χ1) is 34.3. The first-order valence-electron chi connectivity index (χ1n) is 23.5. The van der Waals surface area contributed by atoms with Gasteiger partial charge in [0, 0.05) is 105 Å². The quantitative estimate of drug-likeness (QED) is 0.0511. The number of nitrogens with one attached hydrogen (secondary N) is 3. The average Bonchev–Trinajstić information content (AvgIpc) is 3.64. The minimum atomic E-state index is -6.03. The van der Waals surface area contributed by atoms with Crippen molar-refractivity contribution in [3.8, 4) is 22.4 Å². The van der Waals surface area contributed by atoms with Gasteiger partial charge in [0.2, 0.25) is 0 Å². The standard InChI is InChI=1S/C52H57F4N7O6S3/c1-35-48(51(65)57-2)49(50(60(35)3)36-12-14-38(53)15-13-36)37-8-7-9-42(32-37)63-30-28-62(29-31-63)41-18-16-39(17-19-41)59-72(68,69)45-20-21-46(47(33-45)71(66,67)52(54,55)56)58-40(34-70-44-10-5-4-6-11-44)22-25-61-26-23-43(64)24-27-61/h4-21,32-33,40,43,58-59,64H,22-31,34H2,1-3H3,(H,57,65)/t40-/m1/s1. The number of carbonyl (C=O) groups excluding carboxylic acids is 1. The van der Waals surface area contributed by atoms with Gasteiger partial charge in [-0.2, -0.15) is 13.2 Å². The summed E-state index contributed by atoms with van der Waals surface area (Å²) in [7, 11) is -7.15. The summed E-state index contributed by atoms with van der Waals surface area (Å²) in [5.41, 5.74) is 0.165. The monoisotopic (exact) mass is 1050 g/mol. The van der Waals surface area contributed by atoms with Gasteiger partial charge in [0.25, 0.3) is 25.8 Å². The van der Waals surface area contributed by atoms with E-state index in [1.807, 2.05) is 73.1 Å². The number of aliphatic hydroxyl groups is 1. The molecule has 72 heavy (non-hydrogen) atoms. The molecule has 0 bridgehead atoms. The second kappa shape index (κ2) is 22.0. The maximum Gasteiger partial charge on any atom is 0.501 e. The number of amides is 1. The highest BCUT2D eigenvalue weighted by Gasteiger charge is 2.48. The lowest BCUT2D eigenvalue weighted by molar-refractivity contribution is -0.0435. The third kappa shape index (κ3) is 11.7. The van der Waals surface area contributed by atoms with Crippen molar-refractivity contribution in [3.63, 3.8) is 0 Å². The molecule has 13 nitrogen and oxygen atoms in total. The Labute approximate surface area is 422 Å². The van der Waals surface area contributed by atoms with Crippen LogP contribution < -0.4 is 25.2 Å². The number of nitrogens with zero attached hydrogens (tertiary/aromatic N) is 4. The number of anilines is 4. The number of sulfone groups is 1. The molecule has 0 unspecified atom stereocenters. The van der Waals surface area contributed by atoms with Gasteiger partial charge in [-0.3, -0.25) is 9.52 Å². The number of hydrogen-bond donors (Lipinski definition) is 4. The lowest BCUT2D eigenvalue weighted by atomic mass is 9.96. The van der Waals surface area contributed by atoms with Crippen LogP contribution in [-0.4, -0.2) is 114 Å². The van der Waals surface area contributed by atoms with Gasteiger partial charge in [-0.15, -0.1) is 11.8 Å². The average molecular weight is 1050 g/mol. The van der Waals surface area contributed by atoms with Crippen molar-refractivity contribution in [2.24, 2.45) is 7.05 Å². The van der Waals surface area contributed by atoms with Crippen LogP contribution in [0.3, 0.4) is 0 Å². The molecule has 2 aliphatic rings. The third-order valence-corrected chi connectivity index (χ3v) is 17.4. The van der Waals surface area contributed by atoms with E-state index in [2.05, 4.69) is 30.1 Å². The van der Waals surface area contributed by atoms with Gasteiger partial charge in [0.1, 0.15) is 10.7 Å². The van der Waals surface area contributed by atoms with E-state index >= 15 is 0 Å². The zero-order valence-corrected chi connectivity index (χ0v) is 42.4. The summed E-state index contributed by atoms with van der Waals surface area (Å²) in [6, 6.07) is 32.2. The van der Waals surface area contributed by atoms with Crippen molar-refractivity contribution in [1.29, 1.82) is 0 Å². The highest BCUT2D eigenvalue weighted by atomic mass is 32.2. The van der Waals surface area contributed by atoms with Crippen LogP contribution in [-0.2, 0) is 26.9 Å². The predicted molar refractivity (Wildman–Crippen MR) is 277 cm³/mol. The van der Waals surface area contributed by atoms with E-state index in [0.717, 1.165) is 56.5 Å². The molecular weight excluding hydrogens is 991 g/mol. The second-order valence-electron chi connectivity index (χ2n) is 17.9. The number of carbonyl (C=O) groups is 1. The topological polar surface area (TPSA) is 156 Å². The van der Waals surface area contributed by atoms with Crippen LogP contribution >= 0.6 is 11.8 Å². The number of hydrogen-bond acceptors (Lipinski definition) is 11. The van der Waals surface area contributed by atoms with Gasteiger partial charge in [0.15, 0.2) is 0 Å². The van der Waals surface area contributed by atoms with Crippen LogP contribution in [0.2, 0.25) is 0 Å². The van der Waals surface area contributed by atoms with E-state index in [4.69, 9.17) is 0 Å². The summed E-state index contributed by atoms with van der Waals surface area (Å²) in [6.45, 7) is 6.18. The molecule has 0 spiro atoms. The Bertz CT molecular complexity index is 3090. The van der Waals surface area contributed by atoms with E-state index in [1.54, 1.807) is 31.3 Å². The molecule has 0 radical (unpaired) electrons. The van der Waals surface area contributed by atoms with Crippen molar-refractivity contribution in [2.75, 3.05) is 78.5 Å². The summed E-state index contributed by atoms with van der Waals surface area (Å²) in [4.78, 5) is 18.9. The van der Waals surface area contributed by atoms with Crippen LogP contribution in [0.4, 0.5) is 40.3 Å². The maximum atomic E-state index is 14.3. The number of benzene rings is 5. The number of rotatable bonds is 17. The van der Waals surface area contributed by atoms with Gasteiger partial charge in [-0.25, -0.2) is 21.2 Å². The van der Waals surface area contributed by atoms with E-state index in [-0.39, 0.29) is 29.2 Å². The number of aromatic nitrogens is 1. The fraction of sp³-hybridized carbons (Fsp3) is 0.327. The molecule has 0 aliphatic carbocycles. The molecular formula is C52H57F4N7O6S3. The Hall–Kier alpha value is -6.06. The number of piperidine rings is 1. The zero-order valence-electron chi connectivity index (χ0n) is 40.0. The van der Waals surface area contributed by atoms with Crippen molar-refractivity contribution in [3.05, 3.63) is 138 Å². The zero-order chi connectivity index (χ0) is 51.4. The molecule has 0 saturated carbocycles. The summed E-state index contributed by atoms with van der Waals surface area (Å²) in [5, 5.41) is 15.8. The van der Waals surface area contributed by atoms with Gasteiger partial charge in [0.05, 0.1) is 27.9 Å². The van der Waals surface area contributed by atoms with Crippen molar-refractivity contribution in [1.82, 2.24) is 14.8 Å². The first kappa shape index (κ1) is 52.3. The lowest BCUT2D eigenvalue weighted by Gasteiger charge is -2.37. The van der Waals surface area contributed by atoms with Crippen molar-refractivity contribution in [2.45, 2.75) is 58.5 Å². The Morgan fingerprint density at radius 1 is 0.792 bits per heavy atom. The Balaban J connectivity index is 0.963. The smallest absolute Gasteiger partial charge is 0.393 e. The molecule has 1 aromatic heterocycles. The third-order valence-electron chi connectivity index (χ3n) is 13.3. The van der Waals surface area contributed by atoms with E-state index in [9.17, 15) is 44.3 Å². The fourth-order valence-electron chi connectivity index (χ4n) is 9.22. The molecule has 4 N–H and O–H groups in total. The number of sulfonamides is 1. The summed E-state index contributed by atoms with van der Waals surface area (Å²) in [5.74, 6) is -0.235. The fourth-order valence-corrected chi connectivity index (χ4v) is 12.3. The normalized spacial score (nSPS) is 15.6. The molecule has 2 saturated heterocycles. The molecule has 1 amide bonds. The van der Waals surface area contributed by atoms with Crippen LogP contribution in [0.25, 0.3) is 22.4 Å². The maximum absolute atomic E-state index is 14.3. The number of aliphatic hydroxyl groups excluding tert-OH is 1. The highest BCUT2D eigenvalue weighted by molar-refractivity contribution is 7.99. The van der Waals surface area contributed by atoms with E-state index < -0.39 is 41.2 Å². The summed E-state index contributed by atoms with van der Waals surface area (Å²) >= 11 is 1.45. The minimum Gasteiger partial charge on any atom is -0.393 e. The molecule has 5 aromatic carbocycles. The number of likely N-dealkylation sites (tertiary alicyclic amines) is 1. The van der Waals surface area contributed by atoms with Gasteiger partial charge in [-0.1, -0.05) is 30.3 Å². The number of piperazine rings is 1. The van der Waals surface area contributed by atoms with Crippen LogP contribution in [0, 0.1) is 12.7 Å². The Morgan fingerprint density at radius 2 is 1.44 bits per heavy atom. The molecule has 382 valence electrons. The van der Waals surface area contributed by atoms with Crippen molar-refractivity contribution >= 4 is 60.3 Å². The van der Waals surface area contributed by atoms with Crippen LogP contribution in [0.15, 0.2) is 136 Å². The molecule has 2 fully saturated rings. The number of halogens is 4. The molecule has 8 rings (SSSR count). The Morgan fingerprint density at radius 3 is 2.08 bits per heavy atom. The largest absolute Gasteiger partial charge is 0.501 e. The van der Waals surface area contributed by atoms with Gasteiger partial charge in [-0.05, 0) is 128 Å². The summed E-state index contributed by atoms with van der Waals surface area (Å²) < 4.78 is 115. The van der Waals surface area contributed by atoms with Gasteiger partial charge < -0.3 is 35.0 Å². The Kier molecular flexibility index (Phi) is 15.9.